The van der Waals surface area contributed by atoms with Crippen molar-refractivity contribution < 1.29 is 4.79 Å². The molecule has 1 N–H and O–H groups in total. The number of rotatable bonds is 4. The van der Waals surface area contributed by atoms with E-state index >= 15 is 0 Å². The van der Waals surface area contributed by atoms with Crippen LogP contribution in [0.1, 0.15) is 16.0 Å². The number of anilines is 1. The van der Waals surface area contributed by atoms with E-state index in [2.05, 4.69) is 29.8 Å². The molecule has 0 saturated heterocycles. The van der Waals surface area contributed by atoms with Crippen LogP contribution in [0.15, 0.2) is 34.5 Å². The van der Waals surface area contributed by atoms with E-state index in [9.17, 15) is 4.79 Å². The lowest BCUT2D eigenvalue weighted by Crippen LogP contribution is -2.03. The average Bonchev–Trinajstić information content (AvgIpc) is 3.05. The molecular formula is C16H14ClNOS2. The molecule has 1 aromatic carbocycles. The van der Waals surface area contributed by atoms with Gasteiger partial charge in [-0.25, -0.2) is 0 Å². The first kappa shape index (κ1) is 14.7. The second-order valence-electron chi connectivity index (χ2n) is 4.69. The van der Waals surface area contributed by atoms with Crippen molar-refractivity contribution in [2.24, 2.45) is 0 Å². The van der Waals surface area contributed by atoms with Gasteiger partial charge in [-0.15, -0.1) is 34.7 Å². The van der Waals surface area contributed by atoms with E-state index in [1.54, 1.807) is 23.1 Å². The van der Waals surface area contributed by atoms with Gasteiger partial charge < -0.3 is 5.32 Å². The Morgan fingerprint density at radius 1 is 1.33 bits per heavy atom. The minimum Gasteiger partial charge on any atom is -0.321 e. The highest BCUT2D eigenvalue weighted by Crippen LogP contribution is 2.35. The predicted octanol–water partition coefficient (Wildman–Crippen LogP) is 4.74. The zero-order valence-corrected chi connectivity index (χ0v) is 13.9. The van der Waals surface area contributed by atoms with E-state index < -0.39 is 0 Å². The van der Waals surface area contributed by atoms with Gasteiger partial charge in [-0.1, -0.05) is 6.07 Å². The van der Waals surface area contributed by atoms with Crippen molar-refractivity contribution in [1.29, 1.82) is 0 Å². The van der Waals surface area contributed by atoms with Crippen molar-refractivity contribution in [3.63, 3.8) is 0 Å². The SMILES string of the molecule is CSc1ccc(C=C2C(=O)Nc3ccc(CCCl)cc32)s1. The molecule has 108 valence electrons. The Bertz CT molecular complexity index is 721. The molecule has 1 amide bonds. The molecule has 0 aliphatic carbocycles. The molecule has 3 rings (SSSR count). The van der Waals surface area contributed by atoms with Crippen LogP contribution < -0.4 is 5.32 Å². The summed E-state index contributed by atoms with van der Waals surface area (Å²) in [5.74, 6) is 0.549. The van der Waals surface area contributed by atoms with Crippen LogP contribution in [0.4, 0.5) is 5.69 Å². The molecule has 2 nitrogen and oxygen atoms in total. The molecular weight excluding hydrogens is 322 g/mol. The number of thioether (sulfide) groups is 1. The molecule has 2 aromatic rings. The number of thiophene rings is 1. The Balaban J connectivity index is 2.00. The molecule has 5 heteroatoms. The zero-order valence-electron chi connectivity index (χ0n) is 11.5. The molecule has 2 heterocycles. The normalized spacial score (nSPS) is 15.3. The summed E-state index contributed by atoms with van der Waals surface area (Å²) in [5.41, 5.74) is 3.74. The standard InChI is InChI=1S/C16H14ClNOS2/c1-20-15-5-3-11(21-15)9-13-12-8-10(6-7-17)2-4-14(12)18-16(13)19/h2-5,8-9H,6-7H2,1H3,(H,18,19). The maximum Gasteiger partial charge on any atom is 0.256 e. The summed E-state index contributed by atoms with van der Waals surface area (Å²) in [6.45, 7) is 0. The summed E-state index contributed by atoms with van der Waals surface area (Å²) < 4.78 is 1.25. The Hall–Kier alpha value is -1.23. The summed E-state index contributed by atoms with van der Waals surface area (Å²) in [6, 6.07) is 10.2. The topological polar surface area (TPSA) is 29.1 Å². The van der Waals surface area contributed by atoms with Gasteiger partial charge in [-0.3, -0.25) is 4.79 Å². The highest BCUT2D eigenvalue weighted by atomic mass is 35.5. The van der Waals surface area contributed by atoms with E-state index in [1.807, 2.05) is 18.2 Å². The number of nitrogens with one attached hydrogen (secondary N) is 1. The van der Waals surface area contributed by atoms with Gasteiger partial charge in [-0.05, 0) is 48.6 Å². The Morgan fingerprint density at radius 2 is 2.19 bits per heavy atom. The van der Waals surface area contributed by atoms with E-state index in [-0.39, 0.29) is 5.91 Å². The zero-order chi connectivity index (χ0) is 14.8. The van der Waals surface area contributed by atoms with Crippen molar-refractivity contribution in [3.8, 4) is 0 Å². The number of halogens is 1. The summed E-state index contributed by atoms with van der Waals surface area (Å²) in [4.78, 5) is 13.3. The minimum absolute atomic E-state index is 0.0351. The lowest BCUT2D eigenvalue weighted by Gasteiger charge is -2.02. The number of fused-ring (bicyclic) bond motifs is 1. The number of hydrogen-bond donors (Lipinski definition) is 1. The predicted molar refractivity (Wildman–Crippen MR) is 93.5 cm³/mol. The number of alkyl halides is 1. The first-order chi connectivity index (χ1) is 10.2. The van der Waals surface area contributed by atoms with Gasteiger partial charge in [-0.2, -0.15) is 0 Å². The molecule has 0 radical (unpaired) electrons. The van der Waals surface area contributed by atoms with Crippen LogP contribution in [0, 0.1) is 0 Å². The van der Waals surface area contributed by atoms with Gasteiger partial charge in [0.25, 0.3) is 5.91 Å². The van der Waals surface area contributed by atoms with Crippen molar-refractivity contribution >= 4 is 57.9 Å². The smallest absolute Gasteiger partial charge is 0.256 e. The largest absolute Gasteiger partial charge is 0.321 e. The van der Waals surface area contributed by atoms with E-state index in [0.717, 1.165) is 33.7 Å². The molecule has 0 saturated carbocycles. The quantitative estimate of drug-likeness (QED) is 0.496. The molecule has 21 heavy (non-hydrogen) atoms. The number of hydrogen-bond acceptors (Lipinski definition) is 3. The second kappa shape index (κ2) is 6.26. The Morgan fingerprint density at radius 3 is 2.90 bits per heavy atom. The fraction of sp³-hybridized carbons (Fsp3) is 0.188. The monoisotopic (exact) mass is 335 g/mol. The van der Waals surface area contributed by atoms with Crippen LogP contribution in [0.5, 0.6) is 0 Å². The highest BCUT2D eigenvalue weighted by molar-refractivity contribution is 8.00. The number of carbonyl (C=O) groups is 1. The third-order valence-electron chi connectivity index (χ3n) is 3.34. The van der Waals surface area contributed by atoms with Crippen molar-refractivity contribution in [1.82, 2.24) is 0 Å². The number of benzene rings is 1. The lowest BCUT2D eigenvalue weighted by atomic mass is 10.0. The highest BCUT2D eigenvalue weighted by Gasteiger charge is 2.24. The number of aryl methyl sites for hydroxylation is 1. The van der Waals surface area contributed by atoms with Crippen LogP contribution in [0.2, 0.25) is 0 Å². The van der Waals surface area contributed by atoms with Crippen LogP contribution in [-0.2, 0) is 11.2 Å². The second-order valence-corrected chi connectivity index (χ2v) is 7.29. The number of carbonyl (C=O) groups excluding carboxylic acids is 1. The third kappa shape index (κ3) is 3.03. The summed E-state index contributed by atoms with van der Waals surface area (Å²) in [6.07, 6.45) is 4.83. The van der Waals surface area contributed by atoms with Gasteiger partial charge in [0.15, 0.2) is 0 Å². The average molecular weight is 336 g/mol. The Kier molecular flexibility index (Phi) is 4.38. The van der Waals surface area contributed by atoms with Gasteiger partial charge in [0.2, 0.25) is 0 Å². The van der Waals surface area contributed by atoms with Crippen molar-refractivity contribution in [2.75, 3.05) is 17.5 Å². The molecule has 0 bridgehead atoms. The molecule has 0 fully saturated rings. The fourth-order valence-electron chi connectivity index (χ4n) is 2.31. The van der Waals surface area contributed by atoms with Crippen molar-refractivity contribution in [3.05, 3.63) is 46.3 Å². The van der Waals surface area contributed by atoms with Gasteiger partial charge in [0, 0.05) is 22.0 Å². The maximum absolute atomic E-state index is 12.2. The third-order valence-corrected chi connectivity index (χ3v) is 5.64. The molecule has 1 aliphatic heterocycles. The molecule has 1 aromatic heterocycles. The van der Waals surface area contributed by atoms with Crippen LogP contribution >= 0.6 is 34.7 Å². The van der Waals surface area contributed by atoms with E-state index in [0.29, 0.717) is 5.88 Å². The summed E-state index contributed by atoms with van der Waals surface area (Å²) in [7, 11) is 0. The van der Waals surface area contributed by atoms with Crippen molar-refractivity contribution in [2.45, 2.75) is 10.6 Å². The minimum atomic E-state index is -0.0351. The lowest BCUT2D eigenvalue weighted by molar-refractivity contribution is -0.110. The fourth-order valence-corrected chi connectivity index (χ4v) is 4.03. The van der Waals surface area contributed by atoms with E-state index in [1.165, 1.54) is 4.21 Å². The molecule has 1 aliphatic rings. The van der Waals surface area contributed by atoms with E-state index in [4.69, 9.17) is 11.6 Å². The van der Waals surface area contributed by atoms with Gasteiger partial charge in [0.1, 0.15) is 0 Å². The van der Waals surface area contributed by atoms with Crippen LogP contribution in [0.3, 0.4) is 0 Å². The Labute approximate surface area is 137 Å². The molecule has 0 spiro atoms. The maximum atomic E-state index is 12.2. The molecule has 0 atom stereocenters. The summed E-state index contributed by atoms with van der Waals surface area (Å²) in [5, 5.41) is 2.92. The number of amides is 1. The van der Waals surface area contributed by atoms with Crippen LogP contribution in [0.25, 0.3) is 11.6 Å². The molecule has 0 unspecified atom stereocenters. The van der Waals surface area contributed by atoms with Gasteiger partial charge in [0.05, 0.1) is 9.78 Å². The van der Waals surface area contributed by atoms with Gasteiger partial charge >= 0.3 is 0 Å². The first-order valence-corrected chi connectivity index (χ1v) is 9.15. The first-order valence-electron chi connectivity index (χ1n) is 6.57. The summed E-state index contributed by atoms with van der Waals surface area (Å²) >= 11 is 9.22. The van der Waals surface area contributed by atoms with Crippen LogP contribution in [-0.4, -0.2) is 18.0 Å².